The second kappa shape index (κ2) is 8.68. The van der Waals surface area contributed by atoms with E-state index < -0.39 is 0 Å². The summed E-state index contributed by atoms with van der Waals surface area (Å²) in [4.78, 5) is 0. The van der Waals surface area contributed by atoms with Gasteiger partial charge in [0.15, 0.2) is 0 Å². The lowest BCUT2D eigenvalue weighted by Crippen LogP contribution is -2.00. The maximum absolute atomic E-state index is 4.84. The molecule has 0 amide bonds. The van der Waals surface area contributed by atoms with Crippen LogP contribution in [0.4, 0.5) is 0 Å². The molecule has 2 heterocycles. The molecule has 6 rings (SSSR count). The van der Waals surface area contributed by atoms with E-state index in [4.69, 9.17) is 10.2 Å². The van der Waals surface area contributed by atoms with E-state index in [2.05, 4.69) is 72.8 Å². The SMILES string of the molecule is c1ccc(-c2c(-c3cnn(-c4ccccc4)c3-c3ccccc3)cnn2-c2ccccc2)cc1. The molecule has 0 radical (unpaired) electrons. The molecular weight excluding hydrogens is 416 g/mol. The normalized spacial score (nSPS) is 10.9. The van der Waals surface area contributed by atoms with E-state index in [0.717, 1.165) is 45.0 Å². The van der Waals surface area contributed by atoms with Gasteiger partial charge in [-0.1, -0.05) is 97.1 Å². The molecule has 6 aromatic rings. The van der Waals surface area contributed by atoms with Crippen molar-refractivity contribution in [1.82, 2.24) is 19.6 Å². The van der Waals surface area contributed by atoms with Crippen LogP contribution in [-0.2, 0) is 0 Å². The van der Waals surface area contributed by atoms with Crippen molar-refractivity contribution >= 4 is 0 Å². The zero-order chi connectivity index (χ0) is 22.7. The van der Waals surface area contributed by atoms with E-state index in [1.54, 1.807) is 0 Å². The maximum Gasteiger partial charge on any atom is 0.0820 e. The van der Waals surface area contributed by atoms with Crippen molar-refractivity contribution in [3.63, 3.8) is 0 Å². The molecule has 0 bridgehead atoms. The summed E-state index contributed by atoms with van der Waals surface area (Å²) >= 11 is 0. The van der Waals surface area contributed by atoms with Crippen molar-refractivity contribution in [3.05, 3.63) is 134 Å². The summed E-state index contributed by atoms with van der Waals surface area (Å²) < 4.78 is 4.03. The van der Waals surface area contributed by atoms with E-state index >= 15 is 0 Å². The Morgan fingerprint density at radius 3 is 1.06 bits per heavy atom. The van der Waals surface area contributed by atoms with Gasteiger partial charge >= 0.3 is 0 Å². The van der Waals surface area contributed by atoms with Crippen molar-refractivity contribution in [3.8, 4) is 45.0 Å². The van der Waals surface area contributed by atoms with Gasteiger partial charge in [0.25, 0.3) is 0 Å². The Bertz CT molecular complexity index is 1400. The molecule has 162 valence electrons. The molecule has 0 N–H and O–H groups in total. The second-order valence-corrected chi connectivity index (χ2v) is 8.04. The molecule has 0 atom stereocenters. The summed E-state index contributed by atoms with van der Waals surface area (Å²) in [7, 11) is 0. The maximum atomic E-state index is 4.84. The fourth-order valence-electron chi connectivity index (χ4n) is 4.37. The Morgan fingerprint density at radius 2 is 0.706 bits per heavy atom. The van der Waals surface area contributed by atoms with Gasteiger partial charge in [-0.2, -0.15) is 10.2 Å². The number of hydrogen-bond donors (Lipinski definition) is 0. The van der Waals surface area contributed by atoms with Gasteiger partial charge in [0.2, 0.25) is 0 Å². The molecule has 4 aromatic carbocycles. The van der Waals surface area contributed by atoms with Crippen LogP contribution >= 0.6 is 0 Å². The molecule has 0 aliphatic heterocycles. The number of aromatic nitrogens is 4. The second-order valence-electron chi connectivity index (χ2n) is 8.04. The fourth-order valence-corrected chi connectivity index (χ4v) is 4.37. The predicted octanol–water partition coefficient (Wildman–Crippen LogP) is 7.06. The van der Waals surface area contributed by atoms with E-state index in [1.807, 2.05) is 70.3 Å². The van der Waals surface area contributed by atoms with Crippen LogP contribution in [-0.4, -0.2) is 19.6 Å². The number of para-hydroxylation sites is 2. The van der Waals surface area contributed by atoms with Gasteiger partial charge in [-0.25, -0.2) is 9.36 Å². The van der Waals surface area contributed by atoms with Crippen LogP contribution in [0.25, 0.3) is 45.0 Å². The van der Waals surface area contributed by atoms with Crippen LogP contribution in [0.15, 0.2) is 134 Å². The number of benzene rings is 4. The largest absolute Gasteiger partial charge is 0.232 e. The van der Waals surface area contributed by atoms with E-state index in [1.165, 1.54) is 0 Å². The smallest absolute Gasteiger partial charge is 0.0820 e. The van der Waals surface area contributed by atoms with Crippen molar-refractivity contribution in [1.29, 1.82) is 0 Å². The summed E-state index contributed by atoms with van der Waals surface area (Å²) in [6, 6.07) is 41.3. The zero-order valence-electron chi connectivity index (χ0n) is 18.5. The van der Waals surface area contributed by atoms with Gasteiger partial charge in [0.05, 0.1) is 35.2 Å². The Morgan fingerprint density at radius 1 is 0.382 bits per heavy atom. The van der Waals surface area contributed by atoms with Crippen molar-refractivity contribution in [2.24, 2.45) is 0 Å². The Labute approximate surface area is 198 Å². The first-order chi connectivity index (χ1) is 16.9. The molecular formula is C30H22N4. The lowest BCUT2D eigenvalue weighted by molar-refractivity contribution is 0.888. The number of rotatable bonds is 5. The van der Waals surface area contributed by atoms with Crippen LogP contribution < -0.4 is 0 Å². The minimum Gasteiger partial charge on any atom is -0.232 e. The first kappa shape index (κ1) is 19.9. The van der Waals surface area contributed by atoms with Gasteiger partial charge in [-0.3, -0.25) is 0 Å². The van der Waals surface area contributed by atoms with Crippen LogP contribution in [0, 0.1) is 0 Å². The van der Waals surface area contributed by atoms with Crippen LogP contribution in [0.1, 0.15) is 0 Å². The first-order valence-electron chi connectivity index (χ1n) is 11.3. The molecule has 2 aromatic heterocycles. The third kappa shape index (κ3) is 3.51. The van der Waals surface area contributed by atoms with Gasteiger partial charge in [0, 0.05) is 22.3 Å². The average Bonchev–Trinajstić information content (AvgIpc) is 3.55. The minimum atomic E-state index is 1.02. The Hall–Kier alpha value is -4.70. The molecule has 0 saturated carbocycles. The molecule has 4 nitrogen and oxygen atoms in total. The zero-order valence-corrected chi connectivity index (χ0v) is 18.5. The van der Waals surface area contributed by atoms with Crippen LogP contribution in [0.3, 0.4) is 0 Å². The highest BCUT2D eigenvalue weighted by Crippen LogP contribution is 2.40. The first-order valence-corrected chi connectivity index (χ1v) is 11.3. The van der Waals surface area contributed by atoms with Crippen molar-refractivity contribution < 1.29 is 0 Å². The minimum absolute atomic E-state index is 1.02. The Balaban J connectivity index is 1.63. The Kier molecular flexibility index (Phi) is 5.09. The number of hydrogen-bond acceptors (Lipinski definition) is 2. The summed E-state index contributed by atoms with van der Waals surface area (Å²) in [5.74, 6) is 0. The van der Waals surface area contributed by atoms with E-state index in [0.29, 0.717) is 0 Å². The molecule has 34 heavy (non-hydrogen) atoms. The fraction of sp³-hybridized carbons (Fsp3) is 0. The van der Waals surface area contributed by atoms with Gasteiger partial charge < -0.3 is 0 Å². The molecule has 0 aliphatic carbocycles. The topological polar surface area (TPSA) is 35.6 Å². The van der Waals surface area contributed by atoms with Crippen LogP contribution in [0.2, 0.25) is 0 Å². The highest BCUT2D eigenvalue weighted by Gasteiger charge is 2.22. The quantitative estimate of drug-likeness (QED) is 0.289. The summed E-state index contributed by atoms with van der Waals surface area (Å²) in [5.41, 5.74) is 8.39. The van der Waals surface area contributed by atoms with E-state index in [-0.39, 0.29) is 0 Å². The van der Waals surface area contributed by atoms with Gasteiger partial charge in [-0.15, -0.1) is 0 Å². The molecule has 0 aliphatic rings. The third-order valence-corrected chi connectivity index (χ3v) is 5.92. The summed E-state index contributed by atoms with van der Waals surface area (Å²) in [6.45, 7) is 0. The van der Waals surface area contributed by atoms with Crippen LogP contribution in [0.5, 0.6) is 0 Å². The highest BCUT2D eigenvalue weighted by molar-refractivity contribution is 5.89. The summed E-state index contributed by atoms with van der Waals surface area (Å²) in [6.07, 6.45) is 3.90. The average molecular weight is 439 g/mol. The highest BCUT2D eigenvalue weighted by atomic mass is 15.3. The standard InChI is InChI=1S/C30H22N4/c1-5-13-23(14-6-1)29-27(21-31-33(29)25-17-9-3-10-18-25)28-22-32-34(26-19-11-4-12-20-26)30(28)24-15-7-2-8-16-24/h1-22H. The molecule has 0 fully saturated rings. The monoisotopic (exact) mass is 438 g/mol. The summed E-state index contributed by atoms with van der Waals surface area (Å²) in [5, 5.41) is 9.67. The number of nitrogens with zero attached hydrogens (tertiary/aromatic N) is 4. The lowest BCUT2D eigenvalue weighted by atomic mass is 9.98. The molecule has 0 unspecified atom stereocenters. The molecule has 4 heteroatoms. The molecule has 0 saturated heterocycles. The van der Waals surface area contributed by atoms with Crippen molar-refractivity contribution in [2.45, 2.75) is 0 Å². The van der Waals surface area contributed by atoms with Crippen molar-refractivity contribution in [2.75, 3.05) is 0 Å². The van der Waals surface area contributed by atoms with E-state index in [9.17, 15) is 0 Å². The van der Waals surface area contributed by atoms with Gasteiger partial charge in [0.1, 0.15) is 0 Å². The lowest BCUT2D eigenvalue weighted by Gasteiger charge is -2.12. The van der Waals surface area contributed by atoms with Gasteiger partial charge in [-0.05, 0) is 24.3 Å². The predicted molar refractivity (Wildman–Crippen MR) is 137 cm³/mol. The third-order valence-electron chi connectivity index (χ3n) is 5.92. The molecule has 0 spiro atoms.